The molecule has 0 saturated carbocycles. The van der Waals surface area contributed by atoms with Crippen LogP contribution >= 0.6 is 0 Å². The lowest BCUT2D eigenvalue weighted by atomic mass is 10.0. The first-order valence-corrected chi connectivity index (χ1v) is 24.3. The van der Waals surface area contributed by atoms with Crippen LogP contribution in [0.2, 0.25) is 0 Å². The summed E-state index contributed by atoms with van der Waals surface area (Å²) in [6.45, 7) is 4.92. The largest absolute Gasteiger partial charge is 0.466 e. The van der Waals surface area contributed by atoms with Crippen molar-refractivity contribution in [2.24, 2.45) is 0 Å². The zero-order chi connectivity index (χ0) is 39.4. The number of ether oxygens (including phenoxy) is 1. The second kappa shape index (κ2) is 44.6. The summed E-state index contributed by atoms with van der Waals surface area (Å²) in [5.41, 5.74) is 0. The number of nitrogens with one attached hydrogen (secondary N) is 1. The topological polar surface area (TPSA) is 95.9 Å². The fourth-order valence-corrected chi connectivity index (χ4v) is 7.64. The molecule has 0 spiro atoms. The van der Waals surface area contributed by atoms with Crippen LogP contribution in [0.3, 0.4) is 0 Å². The van der Waals surface area contributed by atoms with Crippen molar-refractivity contribution in [2.45, 2.75) is 283 Å². The fourth-order valence-electron chi connectivity index (χ4n) is 7.64. The normalized spacial score (nSPS) is 12.6. The molecule has 54 heavy (non-hydrogen) atoms. The first kappa shape index (κ1) is 52.9. The van der Waals surface area contributed by atoms with Crippen LogP contribution < -0.4 is 5.32 Å². The predicted octanol–water partition coefficient (Wildman–Crippen LogP) is 14.0. The third kappa shape index (κ3) is 40.5. The molecule has 3 N–H and O–H groups in total. The van der Waals surface area contributed by atoms with Crippen molar-refractivity contribution < 1.29 is 24.5 Å². The molecule has 6 heteroatoms. The minimum Gasteiger partial charge on any atom is -0.466 e. The highest BCUT2D eigenvalue weighted by Crippen LogP contribution is 2.16. The number of carbonyl (C=O) groups excluding carboxylic acids is 2. The van der Waals surface area contributed by atoms with Crippen molar-refractivity contribution in [2.75, 3.05) is 13.2 Å². The van der Waals surface area contributed by atoms with Gasteiger partial charge in [-0.3, -0.25) is 9.59 Å². The number of rotatable bonds is 45. The molecule has 0 heterocycles. The van der Waals surface area contributed by atoms with Crippen LogP contribution in [-0.4, -0.2) is 47.4 Å². The summed E-state index contributed by atoms with van der Waals surface area (Å²) in [7, 11) is 0. The number of carbonyl (C=O) groups is 2. The molecule has 2 atom stereocenters. The number of hydrogen-bond acceptors (Lipinski definition) is 5. The summed E-state index contributed by atoms with van der Waals surface area (Å²) in [5, 5.41) is 23.1. The van der Waals surface area contributed by atoms with Crippen molar-refractivity contribution in [1.82, 2.24) is 5.32 Å². The van der Waals surface area contributed by atoms with Crippen LogP contribution in [0.5, 0.6) is 0 Å². The lowest BCUT2D eigenvalue weighted by Gasteiger charge is -2.22. The molecule has 0 aliphatic heterocycles. The van der Waals surface area contributed by atoms with Crippen molar-refractivity contribution in [3.8, 4) is 0 Å². The Morgan fingerprint density at radius 3 is 1.13 bits per heavy atom. The first-order chi connectivity index (χ1) is 26.5. The van der Waals surface area contributed by atoms with Gasteiger partial charge in [0.05, 0.1) is 25.4 Å². The molecule has 2 unspecified atom stereocenters. The summed E-state index contributed by atoms with van der Waals surface area (Å²) < 4.78 is 5.45. The second-order valence-corrected chi connectivity index (χ2v) is 16.8. The van der Waals surface area contributed by atoms with E-state index < -0.39 is 12.1 Å². The summed E-state index contributed by atoms with van der Waals surface area (Å²) in [6, 6.07) is -0.550. The van der Waals surface area contributed by atoms with Gasteiger partial charge in [-0.1, -0.05) is 232 Å². The summed E-state index contributed by atoms with van der Waals surface area (Å²) in [4.78, 5) is 24.4. The number of aliphatic hydroxyl groups is 2. The Morgan fingerprint density at radius 1 is 0.444 bits per heavy atom. The van der Waals surface area contributed by atoms with Gasteiger partial charge >= 0.3 is 5.97 Å². The van der Waals surface area contributed by atoms with Gasteiger partial charge in [0, 0.05) is 12.8 Å². The lowest BCUT2D eigenvalue weighted by Crippen LogP contribution is -2.45. The van der Waals surface area contributed by atoms with Gasteiger partial charge in [-0.25, -0.2) is 0 Å². The van der Waals surface area contributed by atoms with Crippen molar-refractivity contribution in [3.63, 3.8) is 0 Å². The molecule has 0 radical (unpaired) electrons. The van der Waals surface area contributed by atoms with Gasteiger partial charge < -0.3 is 20.3 Å². The maximum Gasteiger partial charge on any atom is 0.305 e. The van der Waals surface area contributed by atoms with E-state index in [9.17, 15) is 19.8 Å². The molecule has 1 amide bonds. The summed E-state index contributed by atoms with van der Waals surface area (Å²) >= 11 is 0. The minimum absolute atomic E-state index is 0.00748. The van der Waals surface area contributed by atoms with E-state index in [2.05, 4.69) is 19.2 Å². The van der Waals surface area contributed by atoms with E-state index in [4.69, 9.17) is 4.74 Å². The van der Waals surface area contributed by atoms with E-state index in [0.29, 0.717) is 25.9 Å². The standard InChI is InChI=1S/C48H95NO5/c1-3-5-7-9-11-13-15-17-22-26-30-34-38-42-48(53)54-43-39-35-31-27-23-19-18-21-25-29-33-37-41-47(52)49-45(44-50)46(51)40-36-32-28-24-20-16-14-12-10-8-6-4-2/h45-46,50-51H,3-44H2,1-2H3,(H,49,52). The Labute approximate surface area is 336 Å². The van der Waals surface area contributed by atoms with Gasteiger partial charge in [-0.05, 0) is 25.7 Å². The van der Waals surface area contributed by atoms with E-state index in [1.54, 1.807) is 0 Å². The molecule has 0 rings (SSSR count). The summed E-state index contributed by atoms with van der Waals surface area (Å²) in [6.07, 6.45) is 47.7. The second-order valence-electron chi connectivity index (χ2n) is 16.8. The average Bonchev–Trinajstić information content (AvgIpc) is 3.17. The van der Waals surface area contributed by atoms with Crippen LogP contribution in [0.1, 0.15) is 271 Å². The molecule has 0 saturated heterocycles. The lowest BCUT2D eigenvalue weighted by molar-refractivity contribution is -0.143. The quantitative estimate of drug-likeness (QED) is 0.0424. The van der Waals surface area contributed by atoms with Crippen LogP contribution in [0, 0.1) is 0 Å². The SMILES string of the molecule is CCCCCCCCCCCCCCCC(=O)OCCCCCCCCCCCCCCC(=O)NC(CO)C(O)CCCCCCCCCCCCCC. The van der Waals surface area contributed by atoms with Crippen molar-refractivity contribution in [1.29, 1.82) is 0 Å². The number of esters is 1. The number of hydrogen-bond donors (Lipinski definition) is 3. The molecule has 0 aliphatic carbocycles. The Bertz CT molecular complexity index is 761. The summed E-state index contributed by atoms with van der Waals surface area (Å²) in [5.74, 6) is -0.0575. The van der Waals surface area contributed by atoms with Crippen LogP contribution in [0.15, 0.2) is 0 Å². The highest BCUT2D eigenvalue weighted by atomic mass is 16.5. The fraction of sp³-hybridized carbons (Fsp3) is 0.958. The highest BCUT2D eigenvalue weighted by molar-refractivity contribution is 5.76. The molecular weight excluding hydrogens is 671 g/mol. The Morgan fingerprint density at radius 2 is 0.759 bits per heavy atom. The molecule has 322 valence electrons. The molecule has 0 aromatic carbocycles. The third-order valence-electron chi connectivity index (χ3n) is 11.4. The number of amides is 1. The van der Waals surface area contributed by atoms with Gasteiger partial charge in [0.1, 0.15) is 0 Å². The maximum atomic E-state index is 12.4. The Kier molecular flexibility index (Phi) is 43.6. The van der Waals surface area contributed by atoms with E-state index >= 15 is 0 Å². The third-order valence-corrected chi connectivity index (χ3v) is 11.4. The molecule has 0 aliphatic rings. The van der Waals surface area contributed by atoms with Gasteiger partial charge in [-0.15, -0.1) is 0 Å². The Hall–Kier alpha value is -1.14. The van der Waals surface area contributed by atoms with Gasteiger partial charge in [0.2, 0.25) is 5.91 Å². The predicted molar refractivity (Wildman–Crippen MR) is 232 cm³/mol. The average molecular weight is 766 g/mol. The highest BCUT2D eigenvalue weighted by Gasteiger charge is 2.20. The molecular formula is C48H95NO5. The van der Waals surface area contributed by atoms with Crippen LogP contribution in [0.4, 0.5) is 0 Å². The smallest absolute Gasteiger partial charge is 0.305 e. The molecule has 0 fully saturated rings. The van der Waals surface area contributed by atoms with Gasteiger partial charge in [0.25, 0.3) is 0 Å². The molecule has 0 aromatic heterocycles. The first-order valence-electron chi connectivity index (χ1n) is 24.3. The number of unbranched alkanes of at least 4 members (excludes halogenated alkanes) is 34. The monoisotopic (exact) mass is 766 g/mol. The Balaban J connectivity index is 3.44. The number of aliphatic hydroxyl groups excluding tert-OH is 2. The van der Waals surface area contributed by atoms with Crippen LogP contribution in [0.25, 0.3) is 0 Å². The van der Waals surface area contributed by atoms with Crippen molar-refractivity contribution >= 4 is 11.9 Å². The molecule has 6 nitrogen and oxygen atoms in total. The van der Waals surface area contributed by atoms with Gasteiger partial charge in [-0.2, -0.15) is 0 Å². The molecule has 0 bridgehead atoms. The van der Waals surface area contributed by atoms with E-state index in [1.165, 1.54) is 180 Å². The van der Waals surface area contributed by atoms with Crippen molar-refractivity contribution in [3.05, 3.63) is 0 Å². The zero-order valence-electron chi connectivity index (χ0n) is 36.5. The molecule has 0 aromatic rings. The van der Waals surface area contributed by atoms with Gasteiger partial charge in [0.15, 0.2) is 0 Å². The van der Waals surface area contributed by atoms with E-state index in [0.717, 1.165) is 57.8 Å². The van der Waals surface area contributed by atoms with Crippen LogP contribution in [-0.2, 0) is 14.3 Å². The van der Waals surface area contributed by atoms with E-state index in [-0.39, 0.29) is 18.5 Å². The minimum atomic E-state index is -0.671. The maximum absolute atomic E-state index is 12.4. The zero-order valence-corrected chi connectivity index (χ0v) is 36.5. The van der Waals surface area contributed by atoms with E-state index in [1.807, 2.05) is 0 Å².